The molecule has 3 rings (SSSR count). The summed E-state index contributed by atoms with van der Waals surface area (Å²) in [6.45, 7) is 0. The summed E-state index contributed by atoms with van der Waals surface area (Å²) < 4.78 is 13.8. The van der Waals surface area contributed by atoms with Gasteiger partial charge in [0.2, 0.25) is 0 Å². The van der Waals surface area contributed by atoms with Gasteiger partial charge < -0.3 is 5.32 Å². The fourth-order valence-electron chi connectivity index (χ4n) is 2.41. The van der Waals surface area contributed by atoms with E-state index in [1.165, 1.54) is 37.4 Å². The number of halogens is 2. The number of rotatable bonds is 2. The van der Waals surface area contributed by atoms with E-state index in [1.807, 2.05) is 0 Å². The van der Waals surface area contributed by atoms with E-state index in [0.717, 1.165) is 11.0 Å². The van der Waals surface area contributed by atoms with Crippen molar-refractivity contribution in [1.29, 1.82) is 0 Å². The van der Waals surface area contributed by atoms with Gasteiger partial charge in [0, 0.05) is 7.05 Å². The molecule has 0 unspecified atom stereocenters. The minimum Gasteiger partial charge on any atom is -0.321 e. The van der Waals surface area contributed by atoms with E-state index in [0.29, 0.717) is 0 Å². The molecule has 0 bridgehead atoms. The van der Waals surface area contributed by atoms with Crippen molar-refractivity contribution in [3.63, 3.8) is 0 Å². The molecule has 116 valence electrons. The number of carbonyl (C=O) groups is 3. The quantitative estimate of drug-likeness (QED) is 0.860. The first-order valence-corrected chi connectivity index (χ1v) is 7.00. The minimum atomic E-state index is -0.795. The van der Waals surface area contributed by atoms with Gasteiger partial charge in [-0.15, -0.1) is 0 Å². The number of nitrogens with zero attached hydrogens (tertiary/aromatic N) is 1. The molecule has 0 saturated heterocycles. The summed E-state index contributed by atoms with van der Waals surface area (Å²) in [6, 6.07) is 8.37. The van der Waals surface area contributed by atoms with Gasteiger partial charge in [-0.1, -0.05) is 23.7 Å². The number of anilines is 1. The van der Waals surface area contributed by atoms with Crippen LogP contribution in [0.25, 0.3) is 0 Å². The molecular weight excluding hydrogens is 323 g/mol. The molecule has 0 fully saturated rings. The highest BCUT2D eigenvalue weighted by Crippen LogP contribution is 2.29. The predicted octanol–water partition coefficient (Wildman–Crippen LogP) is 2.96. The average molecular weight is 333 g/mol. The number of carbonyl (C=O) groups excluding carboxylic acids is 3. The molecule has 5 nitrogen and oxygen atoms in total. The second-order valence-corrected chi connectivity index (χ2v) is 5.36. The Balaban J connectivity index is 2.02. The first kappa shape index (κ1) is 15.2. The average Bonchev–Trinajstić information content (AvgIpc) is 2.73. The second kappa shape index (κ2) is 5.48. The van der Waals surface area contributed by atoms with Crippen molar-refractivity contribution in [2.75, 3.05) is 12.4 Å². The van der Waals surface area contributed by atoms with Gasteiger partial charge in [-0.2, -0.15) is 0 Å². The molecule has 1 N–H and O–H groups in total. The zero-order valence-corrected chi connectivity index (χ0v) is 12.6. The third kappa shape index (κ3) is 2.37. The smallest absolute Gasteiger partial charge is 0.263 e. The molecule has 0 spiro atoms. The van der Waals surface area contributed by atoms with Crippen molar-refractivity contribution in [3.8, 4) is 0 Å². The monoisotopic (exact) mass is 332 g/mol. The van der Waals surface area contributed by atoms with Gasteiger partial charge in [0.05, 0.1) is 27.4 Å². The Morgan fingerprint density at radius 3 is 2.52 bits per heavy atom. The van der Waals surface area contributed by atoms with Crippen LogP contribution in [0.4, 0.5) is 10.1 Å². The highest BCUT2D eigenvalue weighted by Gasteiger charge is 2.35. The number of hydrogen-bond acceptors (Lipinski definition) is 3. The van der Waals surface area contributed by atoms with Crippen LogP contribution >= 0.6 is 11.6 Å². The summed E-state index contributed by atoms with van der Waals surface area (Å²) in [5.74, 6) is -2.55. The Morgan fingerprint density at radius 1 is 1.13 bits per heavy atom. The van der Waals surface area contributed by atoms with Crippen LogP contribution in [0, 0.1) is 5.82 Å². The minimum absolute atomic E-state index is 0.0467. The molecule has 1 aliphatic heterocycles. The topological polar surface area (TPSA) is 66.5 Å². The fourth-order valence-corrected chi connectivity index (χ4v) is 2.65. The molecule has 0 saturated carbocycles. The van der Waals surface area contributed by atoms with Crippen molar-refractivity contribution in [3.05, 3.63) is 63.9 Å². The van der Waals surface area contributed by atoms with Crippen molar-refractivity contribution in [1.82, 2.24) is 4.90 Å². The van der Waals surface area contributed by atoms with Gasteiger partial charge in [0.1, 0.15) is 5.82 Å². The van der Waals surface area contributed by atoms with Crippen molar-refractivity contribution in [2.24, 2.45) is 0 Å². The molecule has 0 radical (unpaired) electrons. The Labute approximate surface area is 135 Å². The van der Waals surface area contributed by atoms with E-state index in [1.54, 1.807) is 0 Å². The Kier molecular flexibility index (Phi) is 3.61. The largest absolute Gasteiger partial charge is 0.321 e. The number of imide groups is 1. The van der Waals surface area contributed by atoms with E-state index in [9.17, 15) is 18.8 Å². The lowest BCUT2D eigenvalue weighted by molar-refractivity contribution is 0.0693. The molecule has 2 aromatic rings. The SMILES string of the molecule is CN1C(=O)c2cccc(NC(=O)c3c(F)cccc3Cl)c2C1=O. The first-order chi connectivity index (χ1) is 10.9. The van der Waals surface area contributed by atoms with Crippen LogP contribution in [0.5, 0.6) is 0 Å². The number of fused-ring (bicyclic) bond motifs is 1. The zero-order valence-electron chi connectivity index (χ0n) is 11.9. The molecule has 0 aromatic heterocycles. The van der Waals surface area contributed by atoms with Crippen LogP contribution < -0.4 is 5.32 Å². The lowest BCUT2D eigenvalue weighted by Crippen LogP contribution is -2.24. The predicted molar refractivity (Wildman–Crippen MR) is 82.2 cm³/mol. The van der Waals surface area contributed by atoms with Crippen LogP contribution in [0.3, 0.4) is 0 Å². The molecule has 23 heavy (non-hydrogen) atoms. The summed E-state index contributed by atoms with van der Waals surface area (Å²) in [4.78, 5) is 37.3. The maximum absolute atomic E-state index is 13.8. The van der Waals surface area contributed by atoms with Gasteiger partial charge in [-0.25, -0.2) is 4.39 Å². The molecule has 1 aliphatic rings. The third-order valence-electron chi connectivity index (χ3n) is 3.56. The van der Waals surface area contributed by atoms with E-state index in [-0.39, 0.29) is 27.4 Å². The normalized spacial score (nSPS) is 13.3. The van der Waals surface area contributed by atoms with E-state index < -0.39 is 23.5 Å². The van der Waals surface area contributed by atoms with Crippen molar-refractivity contribution >= 4 is 35.0 Å². The molecular formula is C16H10ClFN2O3. The highest BCUT2D eigenvalue weighted by atomic mass is 35.5. The van der Waals surface area contributed by atoms with Crippen molar-refractivity contribution < 1.29 is 18.8 Å². The summed E-state index contributed by atoms with van der Waals surface area (Å²) in [6.07, 6.45) is 0. The lowest BCUT2D eigenvalue weighted by atomic mass is 10.1. The van der Waals surface area contributed by atoms with Gasteiger partial charge in [0.15, 0.2) is 0 Å². The van der Waals surface area contributed by atoms with E-state index >= 15 is 0 Å². The van der Waals surface area contributed by atoms with Gasteiger partial charge >= 0.3 is 0 Å². The molecule has 0 aliphatic carbocycles. The van der Waals surface area contributed by atoms with Crippen LogP contribution in [-0.4, -0.2) is 29.7 Å². The number of benzene rings is 2. The van der Waals surface area contributed by atoms with Crippen LogP contribution in [0.1, 0.15) is 31.1 Å². The van der Waals surface area contributed by atoms with Gasteiger partial charge in [-0.05, 0) is 24.3 Å². The molecule has 0 atom stereocenters. The van der Waals surface area contributed by atoms with Crippen LogP contribution in [0.2, 0.25) is 5.02 Å². The van der Waals surface area contributed by atoms with E-state index in [4.69, 9.17) is 11.6 Å². The molecule has 7 heteroatoms. The fraction of sp³-hybridized carbons (Fsp3) is 0.0625. The molecule has 1 heterocycles. The lowest BCUT2D eigenvalue weighted by Gasteiger charge is -2.10. The standard InChI is InChI=1S/C16H10ClFN2O3/c1-20-15(22)8-4-2-7-11(12(8)16(20)23)19-14(21)13-9(17)5-3-6-10(13)18/h2-7H,1H3,(H,19,21). The molecule has 2 aromatic carbocycles. The Bertz CT molecular complexity index is 846. The van der Waals surface area contributed by atoms with Crippen LogP contribution in [0.15, 0.2) is 36.4 Å². The first-order valence-electron chi connectivity index (χ1n) is 6.62. The van der Waals surface area contributed by atoms with Crippen molar-refractivity contribution in [2.45, 2.75) is 0 Å². The van der Waals surface area contributed by atoms with E-state index in [2.05, 4.69) is 5.32 Å². The third-order valence-corrected chi connectivity index (χ3v) is 3.87. The molecule has 3 amide bonds. The summed E-state index contributed by atoms with van der Waals surface area (Å²) in [5.41, 5.74) is 0.0853. The Hall–Kier alpha value is -2.73. The number of amides is 3. The highest BCUT2D eigenvalue weighted by molar-refractivity contribution is 6.34. The second-order valence-electron chi connectivity index (χ2n) is 4.95. The number of nitrogens with one attached hydrogen (secondary N) is 1. The van der Waals surface area contributed by atoms with Gasteiger partial charge in [-0.3, -0.25) is 19.3 Å². The summed E-state index contributed by atoms with van der Waals surface area (Å²) in [5, 5.41) is 2.40. The summed E-state index contributed by atoms with van der Waals surface area (Å²) in [7, 11) is 1.35. The maximum atomic E-state index is 13.8. The number of hydrogen-bond donors (Lipinski definition) is 1. The zero-order chi connectivity index (χ0) is 16.7. The Morgan fingerprint density at radius 2 is 1.83 bits per heavy atom. The van der Waals surface area contributed by atoms with Gasteiger partial charge in [0.25, 0.3) is 17.7 Å². The van der Waals surface area contributed by atoms with Crippen LogP contribution in [-0.2, 0) is 0 Å². The maximum Gasteiger partial charge on any atom is 0.263 e. The summed E-state index contributed by atoms with van der Waals surface area (Å²) >= 11 is 5.85.